The predicted molar refractivity (Wildman–Crippen MR) is 81.2 cm³/mol. The smallest absolute Gasteiger partial charge is 0.235 e. The lowest BCUT2D eigenvalue weighted by Crippen LogP contribution is -2.39. The number of amides is 2. The van der Waals surface area contributed by atoms with Gasteiger partial charge in [0.1, 0.15) is 0 Å². The second kappa shape index (κ2) is 4.91. The highest BCUT2D eigenvalue weighted by Crippen LogP contribution is 2.32. The Morgan fingerprint density at radius 1 is 1.23 bits per heavy atom. The van der Waals surface area contributed by atoms with E-state index in [4.69, 9.17) is 0 Å². The molecule has 0 radical (unpaired) electrons. The minimum absolute atomic E-state index is 0.192. The summed E-state index contributed by atoms with van der Waals surface area (Å²) < 4.78 is 1.84. The summed E-state index contributed by atoms with van der Waals surface area (Å²) >= 11 is 0. The van der Waals surface area contributed by atoms with Crippen molar-refractivity contribution in [1.82, 2.24) is 20.4 Å². The number of piperidine rings is 1. The molecule has 2 N–H and O–H groups in total. The third-order valence-corrected chi connectivity index (χ3v) is 4.66. The van der Waals surface area contributed by atoms with Gasteiger partial charge in [0.15, 0.2) is 0 Å². The fourth-order valence-electron chi connectivity index (χ4n) is 3.47. The maximum absolute atomic E-state index is 12.2. The first-order valence-electron chi connectivity index (χ1n) is 7.66. The summed E-state index contributed by atoms with van der Waals surface area (Å²) in [6, 6.07) is 4.34. The molecular formula is C16H18N4O2. The first kappa shape index (κ1) is 13.5. The molecule has 1 aromatic carbocycles. The van der Waals surface area contributed by atoms with Gasteiger partial charge in [0.2, 0.25) is 11.8 Å². The minimum atomic E-state index is -0.337. The molecule has 6 heteroatoms. The number of fused-ring (bicyclic) bond motifs is 2. The van der Waals surface area contributed by atoms with Crippen LogP contribution in [0, 0.1) is 0 Å². The van der Waals surface area contributed by atoms with Crippen molar-refractivity contribution in [3.8, 4) is 0 Å². The second-order valence-electron chi connectivity index (χ2n) is 6.08. The van der Waals surface area contributed by atoms with Crippen LogP contribution in [0.1, 0.15) is 35.6 Å². The lowest BCUT2D eigenvalue weighted by Gasteiger charge is -2.20. The zero-order valence-corrected chi connectivity index (χ0v) is 12.5. The molecule has 4 rings (SSSR count). The van der Waals surface area contributed by atoms with Crippen LogP contribution in [-0.4, -0.2) is 28.1 Å². The number of imide groups is 1. The van der Waals surface area contributed by atoms with Gasteiger partial charge in [-0.05, 0) is 42.6 Å². The lowest BCUT2D eigenvalue weighted by molar-refractivity contribution is -0.134. The van der Waals surface area contributed by atoms with Gasteiger partial charge in [0, 0.05) is 25.4 Å². The summed E-state index contributed by atoms with van der Waals surface area (Å²) in [7, 11) is 1.91. The summed E-state index contributed by atoms with van der Waals surface area (Å²) in [6.07, 6.45) is 1.93. The van der Waals surface area contributed by atoms with Crippen LogP contribution in [0.2, 0.25) is 0 Å². The van der Waals surface area contributed by atoms with Crippen LogP contribution >= 0.6 is 0 Å². The average molecular weight is 298 g/mol. The normalized spacial score (nSPS) is 21.8. The quantitative estimate of drug-likeness (QED) is 0.761. The molecule has 2 aliphatic heterocycles. The van der Waals surface area contributed by atoms with Crippen LogP contribution in [0.3, 0.4) is 0 Å². The molecule has 3 heterocycles. The molecule has 0 aliphatic carbocycles. The second-order valence-corrected chi connectivity index (χ2v) is 6.08. The monoisotopic (exact) mass is 298 g/mol. The van der Waals surface area contributed by atoms with E-state index in [0.29, 0.717) is 12.8 Å². The molecule has 2 amide bonds. The number of benzene rings is 1. The lowest BCUT2D eigenvalue weighted by atomic mass is 9.91. The SMILES string of the molecule is Cn1nc(C2CCC(=O)NC2=O)c2cc3c(cc21)CCNC3. The Kier molecular flexibility index (Phi) is 3.00. The van der Waals surface area contributed by atoms with Crippen LogP contribution in [-0.2, 0) is 29.6 Å². The first-order chi connectivity index (χ1) is 10.6. The number of aryl methyl sites for hydroxylation is 1. The largest absolute Gasteiger partial charge is 0.312 e. The van der Waals surface area contributed by atoms with E-state index in [-0.39, 0.29) is 17.7 Å². The number of rotatable bonds is 1. The summed E-state index contributed by atoms with van der Waals surface area (Å²) in [5, 5.41) is 11.4. The highest BCUT2D eigenvalue weighted by atomic mass is 16.2. The van der Waals surface area contributed by atoms with E-state index in [0.717, 1.165) is 36.1 Å². The Morgan fingerprint density at radius 3 is 2.91 bits per heavy atom. The van der Waals surface area contributed by atoms with Gasteiger partial charge in [-0.15, -0.1) is 0 Å². The standard InChI is InChI=1S/C16H18N4O2/c1-20-13-7-9-4-5-17-8-10(9)6-12(13)15(19-20)11-2-3-14(21)18-16(11)22/h6-7,11,17H,2-5,8H2,1H3,(H,18,21,22). The van der Waals surface area contributed by atoms with E-state index in [2.05, 4.69) is 27.9 Å². The number of nitrogens with zero attached hydrogens (tertiary/aromatic N) is 2. The minimum Gasteiger partial charge on any atom is -0.312 e. The van der Waals surface area contributed by atoms with Gasteiger partial charge in [-0.25, -0.2) is 0 Å². The Hall–Kier alpha value is -2.21. The summed E-state index contributed by atoms with van der Waals surface area (Å²) in [6.45, 7) is 1.85. The highest BCUT2D eigenvalue weighted by molar-refractivity contribution is 6.02. The fraction of sp³-hybridized carbons (Fsp3) is 0.438. The number of hydrogen-bond acceptors (Lipinski definition) is 4. The van der Waals surface area contributed by atoms with E-state index >= 15 is 0 Å². The Labute approximate surface area is 127 Å². The average Bonchev–Trinajstić information content (AvgIpc) is 2.82. The van der Waals surface area contributed by atoms with Crippen molar-refractivity contribution in [3.05, 3.63) is 29.0 Å². The van der Waals surface area contributed by atoms with E-state index in [1.807, 2.05) is 11.7 Å². The fourth-order valence-corrected chi connectivity index (χ4v) is 3.47. The molecule has 6 nitrogen and oxygen atoms in total. The molecule has 22 heavy (non-hydrogen) atoms. The zero-order valence-electron chi connectivity index (χ0n) is 12.5. The maximum atomic E-state index is 12.2. The number of carbonyl (C=O) groups excluding carboxylic acids is 2. The summed E-state index contributed by atoms with van der Waals surface area (Å²) in [5.74, 6) is -0.758. The number of carbonyl (C=O) groups is 2. The zero-order chi connectivity index (χ0) is 15.3. The summed E-state index contributed by atoms with van der Waals surface area (Å²) in [4.78, 5) is 23.5. The van der Waals surface area contributed by atoms with Gasteiger partial charge in [-0.3, -0.25) is 19.6 Å². The van der Waals surface area contributed by atoms with Gasteiger partial charge in [0.25, 0.3) is 0 Å². The van der Waals surface area contributed by atoms with E-state index in [9.17, 15) is 9.59 Å². The molecule has 2 aromatic rings. The van der Waals surface area contributed by atoms with Crippen molar-refractivity contribution in [2.45, 2.75) is 31.7 Å². The predicted octanol–water partition coefficient (Wildman–Crippen LogP) is 0.739. The van der Waals surface area contributed by atoms with Gasteiger partial charge in [-0.2, -0.15) is 5.10 Å². The number of nitrogens with one attached hydrogen (secondary N) is 2. The van der Waals surface area contributed by atoms with Crippen LogP contribution in [0.25, 0.3) is 10.9 Å². The van der Waals surface area contributed by atoms with Gasteiger partial charge in [-0.1, -0.05) is 0 Å². The van der Waals surface area contributed by atoms with Crippen molar-refractivity contribution in [2.24, 2.45) is 7.05 Å². The van der Waals surface area contributed by atoms with Crippen molar-refractivity contribution in [1.29, 1.82) is 0 Å². The Balaban J connectivity index is 1.84. The number of hydrogen-bond donors (Lipinski definition) is 2. The molecule has 114 valence electrons. The van der Waals surface area contributed by atoms with Crippen molar-refractivity contribution >= 4 is 22.7 Å². The van der Waals surface area contributed by atoms with Crippen LogP contribution in [0.15, 0.2) is 12.1 Å². The van der Waals surface area contributed by atoms with Gasteiger partial charge < -0.3 is 5.32 Å². The third kappa shape index (κ3) is 2.02. The molecule has 1 atom stereocenters. The molecule has 1 unspecified atom stereocenters. The van der Waals surface area contributed by atoms with E-state index < -0.39 is 0 Å². The van der Waals surface area contributed by atoms with Crippen LogP contribution < -0.4 is 10.6 Å². The molecule has 0 bridgehead atoms. The topological polar surface area (TPSA) is 76.0 Å². The molecule has 1 fully saturated rings. The molecule has 1 saturated heterocycles. The molecule has 1 aromatic heterocycles. The van der Waals surface area contributed by atoms with Crippen LogP contribution in [0.4, 0.5) is 0 Å². The maximum Gasteiger partial charge on any atom is 0.235 e. The van der Waals surface area contributed by atoms with Crippen LogP contribution in [0.5, 0.6) is 0 Å². The van der Waals surface area contributed by atoms with Gasteiger partial charge in [0.05, 0.1) is 17.1 Å². The van der Waals surface area contributed by atoms with E-state index in [1.54, 1.807) is 0 Å². The first-order valence-corrected chi connectivity index (χ1v) is 7.66. The van der Waals surface area contributed by atoms with Gasteiger partial charge >= 0.3 is 0 Å². The molecule has 0 spiro atoms. The highest BCUT2D eigenvalue weighted by Gasteiger charge is 2.31. The summed E-state index contributed by atoms with van der Waals surface area (Å²) in [5.41, 5.74) is 4.47. The third-order valence-electron chi connectivity index (χ3n) is 4.66. The van der Waals surface area contributed by atoms with Crippen molar-refractivity contribution in [2.75, 3.05) is 6.54 Å². The van der Waals surface area contributed by atoms with Crippen molar-refractivity contribution in [3.63, 3.8) is 0 Å². The molecule has 0 saturated carbocycles. The molecular weight excluding hydrogens is 280 g/mol. The van der Waals surface area contributed by atoms with Crippen molar-refractivity contribution < 1.29 is 9.59 Å². The Morgan fingerprint density at radius 2 is 2.09 bits per heavy atom. The van der Waals surface area contributed by atoms with E-state index in [1.165, 1.54) is 11.1 Å². The molecule has 2 aliphatic rings. The number of aromatic nitrogens is 2. The Bertz CT molecular complexity index is 793.